The molecule has 1 N–H and O–H groups in total. The van der Waals surface area contributed by atoms with Gasteiger partial charge in [0.25, 0.3) is 0 Å². The number of piperidine rings is 1. The number of benzene rings is 2. The van der Waals surface area contributed by atoms with Crippen molar-refractivity contribution >= 4 is 21.8 Å². The second-order valence-corrected chi connectivity index (χ2v) is 11.3. The second-order valence-electron chi connectivity index (χ2n) is 9.38. The van der Waals surface area contributed by atoms with E-state index in [2.05, 4.69) is 5.32 Å². The first-order chi connectivity index (χ1) is 16.6. The number of sulfonamides is 1. The monoisotopic (exact) mass is 499 g/mol. The number of carbonyl (C=O) groups is 2. The van der Waals surface area contributed by atoms with Crippen LogP contribution in [-0.2, 0) is 26.2 Å². The van der Waals surface area contributed by atoms with E-state index in [1.807, 2.05) is 71.0 Å². The number of hydrogen-bond donors (Lipinski definition) is 1. The summed E-state index contributed by atoms with van der Waals surface area (Å²) in [6.45, 7) is 11.0. The normalized spacial score (nSPS) is 15.1. The van der Waals surface area contributed by atoms with Crippen LogP contribution in [0, 0.1) is 33.6 Å². The highest BCUT2D eigenvalue weighted by Gasteiger charge is 2.34. The van der Waals surface area contributed by atoms with Gasteiger partial charge in [-0.25, -0.2) is 8.42 Å². The summed E-state index contributed by atoms with van der Waals surface area (Å²) < 4.78 is 28.4. The molecule has 0 aliphatic carbocycles. The molecule has 1 saturated heterocycles. The van der Waals surface area contributed by atoms with Crippen LogP contribution in [0.3, 0.4) is 0 Å². The first-order valence-electron chi connectivity index (χ1n) is 12.2. The van der Waals surface area contributed by atoms with E-state index in [4.69, 9.17) is 0 Å². The Morgan fingerprint density at radius 3 is 2.11 bits per heavy atom. The van der Waals surface area contributed by atoms with Gasteiger partial charge in [0.1, 0.15) is 0 Å². The standard InChI is InChI=1S/C27H37N3O4S/c1-6-29(18-23-10-8-7-9-11-23)25(31)17-28-27(32)24-12-14-30(15-13-24)35(33,34)26-21(4)19(2)16-20(3)22(26)5/h7-11,16,24H,6,12-15,17-18H2,1-5H3,(H,28,32). The van der Waals surface area contributed by atoms with Gasteiger partial charge >= 0.3 is 0 Å². The first-order valence-corrected chi connectivity index (χ1v) is 13.7. The maximum absolute atomic E-state index is 13.5. The predicted molar refractivity (Wildman–Crippen MR) is 137 cm³/mol. The van der Waals surface area contributed by atoms with Crippen molar-refractivity contribution < 1.29 is 18.0 Å². The van der Waals surface area contributed by atoms with Gasteiger partial charge in [-0.2, -0.15) is 4.31 Å². The van der Waals surface area contributed by atoms with Crippen molar-refractivity contribution in [1.29, 1.82) is 0 Å². The molecule has 0 aromatic heterocycles. The molecule has 3 rings (SSSR count). The molecule has 7 nitrogen and oxygen atoms in total. The summed E-state index contributed by atoms with van der Waals surface area (Å²) in [5.41, 5.74) is 4.51. The van der Waals surface area contributed by atoms with Gasteiger partial charge in [0.2, 0.25) is 21.8 Å². The van der Waals surface area contributed by atoms with Gasteiger partial charge in [0.15, 0.2) is 0 Å². The van der Waals surface area contributed by atoms with Crippen LogP contribution in [0.5, 0.6) is 0 Å². The Hall–Kier alpha value is -2.71. The lowest BCUT2D eigenvalue weighted by molar-refractivity contribution is -0.134. The van der Waals surface area contributed by atoms with E-state index >= 15 is 0 Å². The summed E-state index contributed by atoms with van der Waals surface area (Å²) >= 11 is 0. The Morgan fingerprint density at radius 1 is 1.00 bits per heavy atom. The van der Waals surface area contributed by atoms with Crippen LogP contribution in [-0.4, -0.2) is 55.6 Å². The van der Waals surface area contributed by atoms with Gasteiger partial charge in [-0.15, -0.1) is 0 Å². The number of carbonyl (C=O) groups excluding carboxylic acids is 2. The lowest BCUT2D eigenvalue weighted by Gasteiger charge is -2.32. The van der Waals surface area contributed by atoms with E-state index in [1.165, 1.54) is 4.31 Å². The molecular formula is C27H37N3O4S. The minimum atomic E-state index is -3.65. The molecule has 0 bridgehead atoms. The van der Waals surface area contributed by atoms with E-state index in [-0.39, 0.29) is 37.4 Å². The van der Waals surface area contributed by atoms with Crippen LogP contribution in [0.1, 0.15) is 47.6 Å². The first kappa shape index (κ1) is 26.9. The zero-order valence-corrected chi connectivity index (χ0v) is 22.2. The fraction of sp³-hybridized carbons (Fsp3) is 0.481. The highest BCUT2D eigenvalue weighted by atomic mass is 32.2. The fourth-order valence-corrected chi connectivity index (χ4v) is 6.70. The third kappa shape index (κ3) is 6.11. The predicted octanol–water partition coefficient (Wildman–Crippen LogP) is 3.49. The molecule has 2 aromatic carbocycles. The topological polar surface area (TPSA) is 86.8 Å². The van der Waals surface area contributed by atoms with Crippen LogP contribution >= 0.6 is 0 Å². The van der Waals surface area contributed by atoms with Crippen LogP contribution < -0.4 is 5.32 Å². The molecule has 1 aliphatic rings. The molecule has 190 valence electrons. The van der Waals surface area contributed by atoms with Gasteiger partial charge in [-0.3, -0.25) is 9.59 Å². The largest absolute Gasteiger partial charge is 0.347 e. The summed E-state index contributed by atoms with van der Waals surface area (Å²) in [7, 11) is -3.65. The van der Waals surface area contributed by atoms with Gasteiger partial charge in [-0.1, -0.05) is 36.4 Å². The van der Waals surface area contributed by atoms with Gasteiger partial charge < -0.3 is 10.2 Å². The summed E-state index contributed by atoms with van der Waals surface area (Å²) in [5, 5.41) is 2.77. The van der Waals surface area contributed by atoms with Crippen molar-refractivity contribution in [3.8, 4) is 0 Å². The Labute approximate surface area is 209 Å². The Balaban J connectivity index is 1.57. The summed E-state index contributed by atoms with van der Waals surface area (Å²) in [5.74, 6) is -0.629. The van der Waals surface area contributed by atoms with E-state index in [9.17, 15) is 18.0 Å². The maximum Gasteiger partial charge on any atom is 0.243 e. The van der Waals surface area contributed by atoms with Crippen molar-refractivity contribution in [2.75, 3.05) is 26.2 Å². The van der Waals surface area contributed by atoms with E-state index in [0.29, 0.717) is 30.8 Å². The highest BCUT2D eigenvalue weighted by molar-refractivity contribution is 7.89. The van der Waals surface area contributed by atoms with Gasteiger partial charge in [0, 0.05) is 32.1 Å². The molecule has 0 unspecified atom stereocenters. The van der Waals surface area contributed by atoms with Crippen molar-refractivity contribution in [3.63, 3.8) is 0 Å². The van der Waals surface area contributed by atoms with Crippen molar-refractivity contribution in [1.82, 2.24) is 14.5 Å². The molecule has 0 atom stereocenters. The molecule has 2 aromatic rings. The zero-order chi connectivity index (χ0) is 25.8. The molecule has 8 heteroatoms. The molecule has 0 spiro atoms. The summed E-state index contributed by atoms with van der Waals surface area (Å²) in [4.78, 5) is 27.5. The number of hydrogen-bond acceptors (Lipinski definition) is 4. The molecule has 35 heavy (non-hydrogen) atoms. The van der Waals surface area contributed by atoms with E-state index in [0.717, 1.165) is 27.8 Å². The molecule has 0 saturated carbocycles. The highest BCUT2D eigenvalue weighted by Crippen LogP contribution is 2.31. The van der Waals surface area contributed by atoms with Crippen LogP contribution in [0.2, 0.25) is 0 Å². The van der Waals surface area contributed by atoms with E-state index < -0.39 is 10.0 Å². The zero-order valence-electron chi connectivity index (χ0n) is 21.4. The Morgan fingerprint density at radius 2 is 1.57 bits per heavy atom. The lowest BCUT2D eigenvalue weighted by atomic mass is 9.97. The van der Waals surface area contributed by atoms with E-state index in [1.54, 1.807) is 4.90 Å². The summed E-state index contributed by atoms with van der Waals surface area (Å²) in [6.07, 6.45) is 0.868. The Bertz CT molecular complexity index is 1140. The van der Waals surface area contributed by atoms with Crippen molar-refractivity contribution in [2.45, 2.75) is 58.9 Å². The van der Waals surface area contributed by atoms with Crippen LogP contribution in [0.4, 0.5) is 0 Å². The molecule has 1 fully saturated rings. The number of rotatable bonds is 8. The minimum Gasteiger partial charge on any atom is -0.347 e. The Kier molecular flexibility index (Phi) is 8.72. The smallest absolute Gasteiger partial charge is 0.243 e. The fourth-order valence-electron chi connectivity index (χ4n) is 4.65. The SMILES string of the molecule is CCN(Cc1ccccc1)C(=O)CNC(=O)C1CCN(S(=O)(=O)c2c(C)c(C)cc(C)c2C)CC1. The molecule has 0 radical (unpaired) electrons. The third-order valence-corrected chi connectivity index (χ3v) is 9.26. The summed E-state index contributed by atoms with van der Waals surface area (Å²) in [6, 6.07) is 11.8. The van der Waals surface area contributed by atoms with Crippen LogP contribution in [0.25, 0.3) is 0 Å². The average molecular weight is 500 g/mol. The number of likely N-dealkylation sites (N-methyl/N-ethyl adjacent to an activating group) is 1. The quantitative estimate of drug-likeness (QED) is 0.602. The lowest BCUT2D eigenvalue weighted by Crippen LogP contribution is -2.45. The maximum atomic E-state index is 13.5. The molecular weight excluding hydrogens is 462 g/mol. The molecule has 1 heterocycles. The van der Waals surface area contributed by atoms with Crippen molar-refractivity contribution in [3.05, 3.63) is 64.2 Å². The number of amides is 2. The van der Waals surface area contributed by atoms with Crippen LogP contribution in [0.15, 0.2) is 41.3 Å². The van der Waals surface area contributed by atoms with Crippen molar-refractivity contribution in [2.24, 2.45) is 5.92 Å². The third-order valence-electron chi connectivity index (χ3n) is 7.08. The number of aryl methyl sites for hydroxylation is 2. The molecule has 2 amide bonds. The average Bonchev–Trinajstić information content (AvgIpc) is 2.85. The number of nitrogens with zero attached hydrogens (tertiary/aromatic N) is 2. The number of nitrogens with one attached hydrogen (secondary N) is 1. The molecule has 1 aliphatic heterocycles. The van der Waals surface area contributed by atoms with Gasteiger partial charge in [-0.05, 0) is 75.3 Å². The second kappa shape index (κ2) is 11.4. The van der Waals surface area contributed by atoms with Gasteiger partial charge in [0.05, 0.1) is 11.4 Å². The minimum absolute atomic E-state index is 0.0566.